The quantitative estimate of drug-likeness (QED) is 0.659. The molecule has 1 atom stereocenters. The highest BCUT2D eigenvalue weighted by Crippen LogP contribution is 2.18. The zero-order valence-corrected chi connectivity index (χ0v) is 12.4. The number of hydrazone groups is 1. The van der Waals surface area contributed by atoms with E-state index in [1.807, 2.05) is 12.1 Å². The van der Waals surface area contributed by atoms with Gasteiger partial charge < -0.3 is 20.3 Å². The van der Waals surface area contributed by atoms with Crippen molar-refractivity contribution in [2.75, 3.05) is 37.6 Å². The number of anilines is 1. The van der Waals surface area contributed by atoms with Crippen LogP contribution in [-0.2, 0) is 9.53 Å². The fourth-order valence-electron chi connectivity index (χ4n) is 2.61. The Labute approximate surface area is 129 Å². The second-order valence-electron chi connectivity index (χ2n) is 5.32. The molecular weight excluding hydrogens is 282 g/mol. The van der Waals surface area contributed by atoms with E-state index in [9.17, 15) is 4.79 Å². The fraction of sp³-hybridized carbons (Fsp3) is 0.467. The number of hydrogen-bond donors (Lipinski definition) is 3. The van der Waals surface area contributed by atoms with Crippen LogP contribution in [0.5, 0.6) is 0 Å². The average molecular weight is 303 g/mol. The lowest BCUT2D eigenvalue weighted by Gasteiger charge is -2.22. The van der Waals surface area contributed by atoms with Gasteiger partial charge in [0.2, 0.25) is 18.5 Å². The first-order valence-electron chi connectivity index (χ1n) is 7.60. The van der Waals surface area contributed by atoms with Crippen LogP contribution in [-0.4, -0.2) is 51.3 Å². The summed E-state index contributed by atoms with van der Waals surface area (Å²) < 4.78 is 5.65. The number of nitrogens with one attached hydrogen (secondary N) is 3. The second-order valence-corrected chi connectivity index (χ2v) is 5.32. The van der Waals surface area contributed by atoms with Gasteiger partial charge in [-0.05, 0) is 37.2 Å². The van der Waals surface area contributed by atoms with E-state index in [1.54, 1.807) is 0 Å². The molecule has 0 spiro atoms. The topological polar surface area (TPSA) is 78.0 Å². The molecular formula is C15H21N5O2. The van der Waals surface area contributed by atoms with Gasteiger partial charge in [0.25, 0.3) is 0 Å². The second kappa shape index (κ2) is 7.13. The molecule has 0 saturated carbocycles. The van der Waals surface area contributed by atoms with Gasteiger partial charge in [0, 0.05) is 30.9 Å². The summed E-state index contributed by atoms with van der Waals surface area (Å²) in [4.78, 5) is 12.7. The van der Waals surface area contributed by atoms with E-state index in [0.717, 1.165) is 38.2 Å². The lowest BCUT2D eigenvalue weighted by Crippen LogP contribution is -2.34. The first-order chi connectivity index (χ1) is 10.9. The monoisotopic (exact) mass is 303 g/mol. The van der Waals surface area contributed by atoms with Gasteiger partial charge in [-0.2, -0.15) is 0 Å². The summed E-state index contributed by atoms with van der Waals surface area (Å²) in [5, 5.41) is 10.1. The Bertz CT molecular complexity index is 523. The third kappa shape index (κ3) is 3.48. The minimum absolute atomic E-state index is 0.309. The minimum Gasteiger partial charge on any atom is -0.449 e. The van der Waals surface area contributed by atoms with Crippen LogP contribution in [0.15, 0.2) is 29.4 Å². The Morgan fingerprint density at radius 2 is 2.18 bits per heavy atom. The largest absolute Gasteiger partial charge is 0.449 e. The maximum atomic E-state index is 10.3. The van der Waals surface area contributed by atoms with Crippen LogP contribution in [0.4, 0.5) is 5.69 Å². The fourth-order valence-corrected chi connectivity index (χ4v) is 2.61. The summed E-state index contributed by atoms with van der Waals surface area (Å²) in [6, 6.07) is 8.24. The molecule has 1 saturated heterocycles. The molecule has 22 heavy (non-hydrogen) atoms. The molecule has 1 amide bonds. The summed E-state index contributed by atoms with van der Waals surface area (Å²) in [5.74, 6) is 0.557. The summed E-state index contributed by atoms with van der Waals surface area (Å²) in [5.41, 5.74) is 5.00. The Balaban J connectivity index is 1.61. The molecule has 118 valence electrons. The Morgan fingerprint density at radius 3 is 3.00 bits per heavy atom. The van der Waals surface area contributed by atoms with Crippen molar-refractivity contribution in [2.45, 2.75) is 12.6 Å². The molecule has 7 nitrogen and oxygen atoms in total. The summed E-state index contributed by atoms with van der Waals surface area (Å²) >= 11 is 0. The number of amides is 1. The maximum absolute atomic E-state index is 10.3. The number of ether oxygens (including phenoxy) is 1. The lowest BCUT2D eigenvalue weighted by molar-refractivity contribution is -0.109. The Morgan fingerprint density at radius 1 is 1.32 bits per heavy atom. The third-order valence-electron chi connectivity index (χ3n) is 3.77. The van der Waals surface area contributed by atoms with E-state index in [2.05, 4.69) is 38.2 Å². The van der Waals surface area contributed by atoms with Crippen LogP contribution in [0.3, 0.4) is 0 Å². The maximum Gasteiger partial charge on any atom is 0.240 e. The Hall–Kier alpha value is -2.28. The third-order valence-corrected chi connectivity index (χ3v) is 3.77. The molecule has 3 rings (SSSR count). The van der Waals surface area contributed by atoms with Crippen molar-refractivity contribution in [3.63, 3.8) is 0 Å². The van der Waals surface area contributed by atoms with Gasteiger partial charge >= 0.3 is 0 Å². The van der Waals surface area contributed by atoms with Crippen molar-refractivity contribution in [3.8, 4) is 0 Å². The van der Waals surface area contributed by atoms with Gasteiger partial charge in [-0.25, -0.2) is 0 Å². The zero-order valence-electron chi connectivity index (χ0n) is 12.4. The van der Waals surface area contributed by atoms with Gasteiger partial charge in [0.15, 0.2) is 0 Å². The highest BCUT2D eigenvalue weighted by molar-refractivity contribution is 5.95. The van der Waals surface area contributed by atoms with Gasteiger partial charge in [0.1, 0.15) is 0 Å². The number of hydrogen-bond acceptors (Lipinski definition) is 6. The molecule has 7 heteroatoms. The highest BCUT2D eigenvalue weighted by atomic mass is 16.5. The van der Waals surface area contributed by atoms with Crippen LogP contribution >= 0.6 is 0 Å². The van der Waals surface area contributed by atoms with Crippen LogP contribution in [0.1, 0.15) is 12.0 Å². The van der Waals surface area contributed by atoms with Crippen LogP contribution in [0.2, 0.25) is 0 Å². The van der Waals surface area contributed by atoms with Crippen LogP contribution in [0.25, 0.3) is 0 Å². The van der Waals surface area contributed by atoms with E-state index >= 15 is 0 Å². The molecule has 0 aliphatic carbocycles. The predicted molar refractivity (Wildman–Crippen MR) is 84.8 cm³/mol. The van der Waals surface area contributed by atoms with Crippen molar-refractivity contribution >= 4 is 18.0 Å². The molecule has 3 N–H and O–H groups in total. The lowest BCUT2D eigenvalue weighted by atomic mass is 10.2. The molecule has 1 unspecified atom stereocenters. The molecule has 0 bridgehead atoms. The van der Waals surface area contributed by atoms with Crippen molar-refractivity contribution in [2.24, 2.45) is 5.10 Å². The van der Waals surface area contributed by atoms with Crippen LogP contribution in [0, 0.1) is 0 Å². The van der Waals surface area contributed by atoms with E-state index < -0.39 is 0 Å². The standard InChI is InChI=1S/C15H21N5O2/c21-11-17-10-14-18-19-15(22-14)12-2-4-13(5-3-12)20-8-1-6-16-7-9-20/h2-5,11,14,16,18H,1,6-10H2,(H,17,21). The zero-order chi connectivity index (χ0) is 15.2. The number of benzene rings is 1. The normalized spacial score (nSPS) is 21.4. The van der Waals surface area contributed by atoms with E-state index in [1.165, 1.54) is 5.69 Å². The first kappa shape index (κ1) is 14.6. The number of nitrogens with zero attached hydrogens (tertiary/aromatic N) is 2. The molecule has 2 aliphatic rings. The molecule has 2 heterocycles. The summed E-state index contributed by atoms with van der Waals surface area (Å²) in [7, 11) is 0. The van der Waals surface area contributed by atoms with Gasteiger partial charge in [-0.3, -0.25) is 10.2 Å². The molecule has 1 aromatic carbocycles. The van der Waals surface area contributed by atoms with E-state index in [4.69, 9.17) is 4.74 Å². The summed E-state index contributed by atoms with van der Waals surface area (Å²) in [6.45, 7) is 4.59. The van der Waals surface area contributed by atoms with Gasteiger partial charge in [-0.15, -0.1) is 5.10 Å². The van der Waals surface area contributed by atoms with Gasteiger partial charge in [-0.1, -0.05) is 0 Å². The Kier molecular flexibility index (Phi) is 4.75. The van der Waals surface area contributed by atoms with Crippen molar-refractivity contribution in [1.82, 2.24) is 16.1 Å². The van der Waals surface area contributed by atoms with E-state index in [-0.39, 0.29) is 6.23 Å². The number of rotatable bonds is 5. The van der Waals surface area contributed by atoms with Crippen molar-refractivity contribution in [1.29, 1.82) is 0 Å². The smallest absolute Gasteiger partial charge is 0.240 e. The average Bonchev–Trinajstić information content (AvgIpc) is 2.86. The predicted octanol–water partition coefficient (Wildman–Crippen LogP) is -0.160. The number of carbonyl (C=O) groups excluding carboxylic acids is 1. The SMILES string of the molecule is O=CNCC1NN=C(c2ccc(N3CCCNCC3)cc2)O1. The van der Waals surface area contributed by atoms with Crippen molar-refractivity contribution < 1.29 is 9.53 Å². The molecule has 1 fully saturated rings. The van der Waals surface area contributed by atoms with Gasteiger partial charge in [0.05, 0.1) is 6.54 Å². The molecule has 2 aliphatic heterocycles. The highest BCUT2D eigenvalue weighted by Gasteiger charge is 2.20. The molecule has 0 aromatic heterocycles. The molecule has 0 radical (unpaired) electrons. The first-order valence-corrected chi connectivity index (χ1v) is 7.60. The van der Waals surface area contributed by atoms with E-state index in [0.29, 0.717) is 18.9 Å². The van der Waals surface area contributed by atoms with Crippen molar-refractivity contribution in [3.05, 3.63) is 29.8 Å². The minimum atomic E-state index is -0.309. The number of carbonyl (C=O) groups is 1. The van der Waals surface area contributed by atoms with Crippen LogP contribution < -0.4 is 21.0 Å². The molecule has 1 aromatic rings. The summed E-state index contributed by atoms with van der Waals surface area (Å²) in [6.07, 6.45) is 1.50.